The van der Waals surface area contributed by atoms with E-state index >= 15 is 0 Å². The van der Waals surface area contributed by atoms with Gasteiger partial charge >= 0.3 is 5.97 Å². The van der Waals surface area contributed by atoms with E-state index in [2.05, 4.69) is 19.5 Å². The summed E-state index contributed by atoms with van der Waals surface area (Å²) in [6.07, 6.45) is 3.98. The Bertz CT molecular complexity index is 681. The number of carbonyl (C=O) groups excluding carboxylic acids is 1. The third-order valence-corrected chi connectivity index (χ3v) is 4.07. The van der Waals surface area contributed by atoms with Crippen LogP contribution in [-0.4, -0.2) is 50.7 Å². The van der Waals surface area contributed by atoms with Crippen LogP contribution in [0.4, 0.5) is 0 Å². The van der Waals surface area contributed by atoms with Crippen molar-refractivity contribution >= 4 is 11.6 Å². The molecule has 0 spiro atoms. The smallest absolute Gasteiger partial charge is 0.320 e. The van der Waals surface area contributed by atoms with Crippen molar-refractivity contribution in [2.24, 2.45) is 0 Å². The standard InChI is InChI=1S/C17H24N4O2/c1-17(2,3)23-15(22)12-20-10-7-13(8-11-20)16-19-18-14-6-4-5-9-21(14)16/h4-6,9,13H,7-8,10-12H2,1-3H3. The quantitative estimate of drug-likeness (QED) is 0.813. The van der Waals surface area contributed by atoms with Crippen LogP contribution in [0.1, 0.15) is 45.4 Å². The first-order valence-electron chi connectivity index (χ1n) is 8.16. The van der Waals surface area contributed by atoms with Gasteiger partial charge in [-0.3, -0.25) is 14.1 Å². The van der Waals surface area contributed by atoms with E-state index in [4.69, 9.17) is 4.74 Å². The summed E-state index contributed by atoms with van der Waals surface area (Å²) in [5, 5.41) is 8.58. The molecule has 23 heavy (non-hydrogen) atoms. The van der Waals surface area contributed by atoms with Crippen molar-refractivity contribution in [3.63, 3.8) is 0 Å². The summed E-state index contributed by atoms with van der Waals surface area (Å²) >= 11 is 0. The predicted octanol–water partition coefficient (Wildman–Crippen LogP) is 2.25. The number of nitrogens with zero attached hydrogens (tertiary/aromatic N) is 4. The zero-order valence-corrected chi connectivity index (χ0v) is 14.0. The normalized spacial score (nSPS) is 17.5. The first kappa shape index (κ1) is 15.9. The van der Waals surface area contributed by atoms with E-state index in [1.54, 1.807) is 0 Å². The third kappa shape index (κ3) is 3.88. The number of aromatic nitrogens is 3. The topological polar surface area (TPSA) is 59.7 Å². The maximum atomic E-state index is 11.9. The fourth-order valence-corrected chi connectivity index (χ4v) is 3.04. The van der Waals surface area contributed by atoms with E-state index in [0.29, 0.717) is 12.5 Å². The number of pyridine rings is 1. The number of piperidine rings is 1. The fourth-order valence-electron chi connectivity index (χ4n) is 3.04. The highest BCUT2D eigenvalue weighted by atomic mass is 16.6. The lowest BCUT2D eigenvalue weighted by Gasteiger charge is -2.31. The highest BCUT2D eigenvalue weighted by Gasteiger charge is 2.26. The van der Waals surface area contributed by atoms with Gasteiger partial charge in [-0.25, -0.2) is 0 Å². The summed E-state index contributed by atoms with van der Waals surface area (Å²) in [5.74, 6) is 1.27. The van der Waals surface area contributed by atoms with E-state index < -0.39 is 5.60 Å². The molecule has 2 aromatic heterocycles. The number of esters is 1. The van der Waals surface area contributed by atoms with E-state index in [1.807, 2.05) is 45.2 Å². The molecular weight excluding hydrogens is 292 g/mol. The van der Waals surface area contributed by atoms with Gasteiger partial charge in [0.25, 0.3) is 0 Å². The van der Waals surface area contributed by atoms with Gasteiger partial charge in [0.2, 0.25) is 0 Å². The van der Waals surface area contributed by atoms with Crippen LogP contribution in [0.2, 0.25) is 0 Å². The van der Waals surface area contributed by atoms with Crippen molar-refractivity contribution < 1.29 is 9.53 Å². The molecule has 0 amide bonds. The molecule has 1 fully saturated rings. The molecule has 0 N–H and O–H groups in total. The van der Waals surface area contributed by atoms with Gasteiger partial charge in [-0.15, -0.1) is 10.2 Å². The van der Waals surface area contributed by atoms with Crippen LogP contribution in [0.3, 0.4) is 0 Å². The largest absolute Gasteiger partial charge is 0.459 e. The molecule has 0 radical (unpaired) electrons. The average Bonchev–Trinajstić information content (AvgIpc) is 2.90. The van der Waals surface area contributed by atoms with Crippen molar-refractivity contribution in [2.45, 2.75) is 45.1 Å². The molecule has 0 bridgehead atoms. The Morgan fingerprint density at radius 3 is 2.70 bits per heavy atom. The minimum atomic E-state index is -0.421. The SMILES string of the molecule is CC(C)(C)OC(=O)CN1CCC(c2nnc3ccccn23)CC1. The fraction of sp³-hybridized carbons (Fsp3) is 0.588. The second-order valence-electron chi connectivity index (χ2n) is 7.12. The second kappa shape index (κ2) is 6.28. The Kier molecular flexibility index (Phi) is 4.35. The molecule has 2 aromatic rings. The highest BCUT2D eigenvalue weighted by molar-refractivity contribution is 5.72. The van der Waals surface area contributed by atoms with Crippen LogP contribution in [0, 0.1) is 0 Å². The monoisotopic (exact) mass is 316 g/mol. The Morgan fingerprint density at radius 2 is 2.00 bits per heavy atom. The molecule has 6 heteroatoms. The second-order valence-corrected chi connectivity index (χ2v) is 7.12. The summed E-state index contributed by atoms with van der Waals surface area (Å²) in [5.41, 5.74) is 0.467. The Morgan fingerprint density at radius 1 is 1.26 bits per heavy atom. The number of fused-ring (bicyclic) bond motifs is 1. The van der Waals surface area contributed by atoms with Crippen LogP contribution >= 0.6 is 0 Å². The van der Waals surface area contributed by atoms with E-state index in [-0.39, 0.29) is 5.97 Å². The molecule has 124 valence electrons. The van der Waals surface area contributed by atoms with Gasteiger partial charge in [0.15, 0.2) is 5.65 Å². The Labute approximate surface area is 136 Å². The molecule has 6 nitrogen and oxygen atoms in total. The summed E-state index contributed by atoms with van der Waals surface area (Å²) in [6.45, 7) is 7.82. The number of hydrogen-bond acceptors (Lipinski definition) is 5. The molecule has 1 aliphatic heterocycles. The summed E-state index contributed by atoms with van der Waals surface area (Å²) in [7, 11) is 0. The maximum absolute atomic E-state index is 11.9. The number of hydrogen-bond donors (Lipinski definition) is 0. The molecule has 0 aliphatic carbocycles. The molecule has 1 aliphatic rings. The molecule has 3 heterocycles. The molecule has 1 saturated heterocycles. The Balaban J connectivity index is 1.57. The lowest BCUT2D eigenvalue weighted by molar-refractivity contribution is -0.156. The van der Waals surface area contributed by atoms with Crippen molar-refractivity contribution in [1.29, 1.82) is 0 Å². The lowest BCUT2D eigenvalue weighted by atomic mass is 9.96. The van der Waals surface area contributed by atoms with Gasteiger partial charge in [0.05, 0.1) is 6.54 Å². The number of rotatable bonds is 3. The Hall–Kier alpha value is -1.95. The van der Waals surface area contributed by atoms with Gasteiger partial charge in [0.1, 0.15) is 11.4 Å². The van der Waals surface area contributed by atoms with Gasteiger partial charge < -0.3 is 4.74 Å². The van der Waals surface area contributed by atoms with Crippen LogP contribution < -0.4 is 0 Å². The van der Waals surface area contributed by atoms with Crippen LogP contribution in [0.25, 0.3) is 5.65 Å². The summed E-state index contributed by atoms with van der Waals surface area (Å²) < 4.78 is 7.45. The van der Waals surface area contributed by atoms with E-state index in [0.717, 1.165) is 37.4 Å². The van der Waals surface area contributed by atoms with Crippen LogP contribution in [-0.2, 0) is 9.53 Å². The summed E-state index contributed by atoms with van der Waals surface area (Å²) in [6, 6.07) is 5.93. The molecule has 0 aromatic carbocycles. The van der Waals surface area contributed by atoms with Crippen molar-refractivity contribution in [3.8, 4) is 0 Å². The number of ether oxygens (including phenoxy) is 1. The average molecular weight is 316 g/mol. The third-order valence-electron chi connectivity index (χ3n) is 4.07. The zero-order chi connectivity index (χ0) is 16.4. The number of likely N-dealkylation sites (tertiary alicyclic amines) is 1. The number of carbonyl (C=O) groups is 1. The predicted molar refractivity (Wildman–Crippen MR) is 87.2 cm³/mol. The molecular formula is C17H24N4O2. The highest BCUT2D eigenvalue weighted by Crippen LogP contribution is 2.27. The molecule has 0 atom stereocenters. The van der Waals surface area contributed by atoms with Gasteiger partial charge in [-0.2, -0.15) is 0 Å². The van der Waals surface area contributed by atoms with Crippen molar-refractivity contribution in [2.75, 3.05) is 19.6 Å². The first-order valence-corrected chi connectivity index (χ1v) is 8.16. The lowest BCUT2D eigenvalue weighted by Crippen LogP contribution is -2.39. The van der Waals surface area contributed by atoms with E-state index in [1.165, 1.54) is 0 Å². The van der Waals surface area contributed by atoms with Crippen LogP contribution in [0.15, 0.2) is 24.4 Å². The minimum absolute atomic E-state index is 0.149. The minimum Gasteiger partial charge on any atom is -0.459 e. The molecule has 3 rings (SSSR count). The zero-order valence-electron chi connectivity index (χ0n) is 14.0. The molecule has 0 unspecified atom stereocenters. The maximum Gasteiger partial charge on any atom is 0.320 e. The van der Waals surface area contributed by atoms with Gasteiger partial charge in [0, 0.05) is 12.1 Å². The van der Waals surface area contributed by atoms with Gasteiger partial charge in [-0.05, 0) is 58.8 Å². The van der Waals surface area contributed by atoms with E-state index in [9.17, 15) is 4.79 Å². The first-order chi connectivity index (χ1) is 10.9. The van der Waals surface area contributed by atoms with Crippen LogP contribution in [0.5, 0.6) is 0 Å². The van der Waals surface area contributed by atoms with Crippen molar-refractivity contribution in [3.05, 3.63) is 30.2 Å². The van der Waals surface area contributed by atoms with Crippen molar-refractivity contribution in [1.82, 2.24) is 19.5 Å². The molecule has 0 saturated carbocycles. The van der Waals surface area contributed by atoms with Gasteiger partial charge in [-0.1, -0.05) is 6.07 Å². The summed E-state index contributed by atoms with van der Waals surface area (Å²) in [4.78, 5) is 14.1.